The molecule has 2 N–H and O–H groups in total. The zero-order valence-corrected chi connectivity index (χ0v) is 21.1. The lowest BCUT2D eigenvalue weighted by molar-refractivity contribution is -0.117. The molecule has 0 aliphatic carbocycles. The Kier molecular flexibility index (Phi) is 7.22. The molecule has 4 aromatic rings. The van der Waals surface area contributed by atoms with Crippen LogP contribution in [-0.4, -0.2) is 28.0 Å². The van der Waals surface area contributed by atoms with Crippen molar-refractivity contribution < 1.29 is 14.7 Å². The van der Waals surface area contributed by atoms with Gasteiger partial charge in [0.15, 0.2) is 5.69 Å². The number of para-hydroxylation sites is 1. The van der Waals surface area contributed by atoms with Crippen molar-refractivity contribution in [2.24, 2.45) is 10.2 Å². The smallest absolute Gasteiger partial charge is 0.283 e. The quantitative estimate of drug-likeness (QED) is 0.299. The van der Waals surface area contributed by atoms with Crippen LogP contribution < -0.4 is 5.32 Å². The fourth-order valence-electron chi connectivity index (χ4n) is 3.85. The topological polar surface area (TPSA) is 96.1 Å². The minimum atomic E-state index is -0.642. The van der Waals surface area contributed by atoms with Crippen LogP contribution in [0.2, 0.25) is 5.02 Å². The van der Waals surface area contributed by atoms with Crippen LogP contribution in [0.25, 0.3) is 10.9 Å². The Balaban J connectivity index is 1.48. The van der Waals surface area contributed by atoms with E-state index in [-0.39, 0.29) is 29.4 Å². The van der Waals surface area contributed by atoms with E-state index in [1.807, 2.05) is 48.5 Å². The molecule has 1 aromatic heterocycles. The number of aromatic hydroxyl groups is 1. The summed E-state index contributed by atoms with van der Waals surface area (Å²) in [5.41, 5.74) is 3.27. The largest absolute Gasteiger partial charge is 0.493 e. The average molecular weight is 503 g/mol. The number of rotatable bonds is 6. The minimum Gasteiger partial charge on any atom is -0.493 e. The van der Waals surface area contributed by atoms with Crippen molar-refractivity contribution in [3.63, 3.8) is 0 Å². The third kappa shape index (κ3) is 5.47. The first-order valence-corrected chi connectivity index (χ1v) is 11.9. The van der Waals surface area contributed by atoms with Gasteiger partial charge in [-0.05, 0) is 40.8 Å². The van der Waals surface area contributed by atoms with Gasteiger partial charge < -0.3 is 15.0 Å². The Hall–Kier alpha value is -3.97. The van der Waals surface area contributed by atoms with E-state index in [0.717, 1.165) is 16.6 Å². The summed E-state index contributed by atoms with van der Waals surface area (Å²) >= 11 is 6.30. The van der Waals surface area contributed by atoms with E-state index in [0.29, 0.717) is 22.5 Å². The number of benzene rings is 3. The van der Waals surface area contributed by atoms with Gasteiger partial charge in [-0.2, -0.15) is 0 Å². The number of fused-ring (bicyclic) bond motifs is 1. The maximum atomic E-state index is 12.4. The number of hydrogen-bond donors (Lipinski definition) is 2. The first kappa shape index (κ1) is 25.1. The monoisotopic (exact) mass is 502 g/mol. The second-order valence-electron chi connectivity index (χ2n) is 9.47. The van der Waals surface area contributed by atoms with Crippen LogP contribution in [0, 0.1) is 0 Å². The van der Waals surface area contributed by atoms with Crippen LogP contribution in [0.1, 0.15) is 42.3 Å². The van der Waals surface area contributed by atoms with Gasteiger partial charge in [0.2, 0.25) is 5.88 Å². The molecule has 0 fully saturated rings. The third-order valence-corrected chi connectivity index (χ3v) is 6.25. The molecule has 0 unspecified atom stereocenters. The van der Waals surface area contributed by atoms with Crippen molar-refractivity contribution in [2.45, 2.75) is 32.7 Å². The molecule has 1 heterocycles. The molecular weight excluding hydrogens is 476 g/mol. The summed E-state index contributed by atoms with van der Waals surface area (Å²) < 4.78 is 1.67. The summed E-state index contributed by atoms with van der Waals surface area (Å²) in [6.45, 7) is 6.29. The maximum absolute atomic E-state index is 12.4. The molecule has 0 saturated carbocycles. The maximum Gasteiger partial charge on any atom is 0.283 e. The molecule has 0 aliphatic heterocycles. The fraction of sp³-hybridized carbons (Fsp3) is 0.214. The van der Waals surface area contributed by atoms with E-state index in [2.05, 4.69) is 36.3 Å². The molecule has 0 atom stereocenters. The molecule has 2 amide bonds. The molecule has 3 aromatic carbocycles. The number of halogens is 1. The standard InChI is InChI=1S/C28H27ClN4O3/c1-28(2,3)20-14-12-18(13-15-20)26(35)30-16-24(34)31-32-25-21-9-5-7-11-23(21)33(27(25)36)17-19-8-4-6-10-22(19)29/h4-15,36H,16-17H2,1-3H3,(H,30,35). The zero-order chi connectivity index (χ0) is 25.9. The summed E-state index contributed by atoms with van der Waals surface area (Å²) in [5, 5.41) is 22.4. The predicted octanol–water partition coefficient (Wildman–Crippen LogP) is 6.39. The molecule has 4 rings (SSSR count). The van der Waals surface area contributed by atoms with Gasteiger partial charge in [-0.3, -0.25) is 9.59 Å². The molecular formula is C28H27ClN4O3. The van der Waals surface area contributed by atoms with Crippen LogP contribution in [0.4, 0.5) is 5.69 Å². The highest BCUT2D eigenvalue weighted by atomic mass is 35.5. The van der Waals surface area contributed by atoms with Crippen molar-refractivity contribution in [3.05, 3.63) is 94.5 Å². The van der Waals surface area contributed by atoms with Gasteiger partial charge in [-0.1, -0.05) is 80.9 Å². The number of aromatic nitrogens is 1. The van der Waals surface area contributed by atoms with Crippen LogP contribution in [0.5, 0.6) is 5.88 Å². The number of carbonyl (C=O) groups is 2. The van der Waals surface area contributed by atoms with Gasteiger partial charge in [-0.15, -0.1) is 10.2 Å². The van der Waals surface area contributed by atoms with Crippen molar-refractivity contribution in [1.29, 1.82) is 0 Å². The third-order valence-electron chi connectivity index (χ3n) is 5.88. The molecule has 0 radical (unpaired) electrons. The lowest BCUT2D eigenvalue weighted by Crippen LogP contribution is -2.28. The predicted molar refractivity (Wildman–Crippen MR) is 141 cm³/mol. The normalized spacial score (nSPS) is 11.8. The van der Waals surface area contributed by atoms with Crippen LogP contribution >= 0.6 is 11.6 Å². The number of nitrogens with zero attached hydrogens (tertiary/aromatic N) is 3. The second kappa shape index (κ2) is 10.3. The summed E-state index contributed by atoms with van der Waals surface area (Å²) in [7, 11) is 0. The SMILES string of the molecule is CC(C)(C)c1ccc(C(=O)NCC(=O)N=Nc2c(O)n(Cc3ccccc3Cl)c3ccccc23)cc1. The Morgan fingerprint density at radius 1 is 0.972 bits per heavy atom. The first-order valence-electron chi connectivity index (χ1n) is 11.5. The Morgan fingerprint density at radius 2 is 1.64 bits per heavy atom. The van der Waals surface area contributed by atoms with E-state index < -0.39 is 5.91 Å². The Bertz CT molecular complexity index is 1450. The first-order chi connectivity index (χ1) is 17.1. The van der Waals surface area contributed by atoms with Crippen LogP contribution in [0.15, 0.2) is 83.0 Å². The number of azo groups is 1. The minimum absolute atomic E-state index is 0.0204. The summed E-state index contributed by atoms with van der Waals surface area (Å²) in [4.78, 5) is 24.8. The molecule has 0 aliphatic rings. The van der Waals surface area contributed by atoms with Crippen LogP contribution in [-0.2, 0) is 16.8 Å². The van der Waals surface area contributed by atoms with Crippen molar-refractivity contribution in [3.8, 4) is 5.88 Å². The second-order valence-corrected chi connectivity index (χ2v) is 9.88. The summed E-state index contributed by atoms with van der Waals surface area (Å²) in [6, 6.07) is 21.9. The summed E-state index contributed by atoms with van der Waals surface area (Å²) in [5.74, 6) is -1.15. The average Bonchev–Trinajstić information content (AvgIpc) is 3.12. The number of hydrogen-bond acceptors (Lipinski definition) is 4. The van der Waals surface area contributed by atoms with Crippen molar-refractivity contribution in [2.75, 3.05) is 6.54 Å². The van der Waals surface area contributed by atoms with Gasteiger partial charge in [0.25, 0.3) is 11.8 Å². The molecule has 8 heteroatoms. The number of nitrogens with one attached hydrogen (secondary N) is 1. The molecule has 36 heavy (non-hydrogen) atoms. The lowest BCUT2D eigenvalue weighted by Gasteiger charge is -2.18. The fourth-order valence-corrected chi connectivity index (χ4v) is 4.04. The Labute approximate surface area is 214 Å². The van der Waals surface area contributed by atoms with E-state index >= 15 is 0 Å². The van der Waals surface area contributed by atoms with Gasteiger partial charge in [0, 0.05) is 16.0 Å². The van der Waals surface area contributed by atoms with Gasteiger partial charge in [-0.25, -0.2) is 0 Å². The van der Waals surface area contributed by atoms with Crippen molar-refractivity contribution >= 4 is 40.0 Å². The highest BCUT2D eigenvalue weighted by Crippen LogP contribution is 2.39. The lowest BCUT2D eigenvalue weighted by atomic mass is 9.87. The molecule has 7 nitrogen and oxygen atoms in total. The highest BCUT2D eigenvalue weighted by molar-refractivity contribution is 6.31. The highest BCUT2D eigenvalue weighted by Gasteiger charge is 2.18. The van der Waals surface area contributed by atoms with Gasteiger partial charge >= 0.3 is 0 Å². The van der Waals surface area contributed by atoms with E-state index in [1.54, 1.807) is 28.8 Å². The molecule has 184 valence electrons. The van der Waals surface area contributed by atoms with E-state index in [1.165, 1.54) is 0 Å². The summed E-state index contributed by atoms with van der Waals surface area (Å²) in [6.07, 6.45) is 0. The van der Waals surface area contributed by atoms with Crippen LogP contribution in [0.3, 0.4) is 0 Å². The van der Waals surface area contributed by atoms with E-state index in [4.69, 9.17) is 11.6 Å². The van der Waals surface area contributed by atoms with Crippen molar-refractivity contribution in [1.82, 2.24) is 9.88 Å². The van der Waals surface area contributed by atoms with E-state index in [9.17, 15) is 14.7 Å². The number of carbonyl (C=O) groups excluding carboxylic acids is 2. The van der Waals surface area contributed by atoms with Gasteiger partial charge in [0.1, 0.15) is 6.54 Å². The molecule has 0 saturated heterocycles. The Morgan fingerprint density at radius 3 is 2.33 bits per heavy atom. The number of amides is 2. The van der Waals surface area contributed by atoms with Gasteiger partial charge in [0.05, 0.1) is 12.1 Å². The zero-order valence-electron chi connectivity index (χ0n) is 20.3. The molecule has 0 bridgehead atoms. The molecule has 0 spiro atoms.